The lowest BCUT2D eigenvalue weighted by atomic mass is 9.89. The van der Waals surface area contributed by atoms with Crippen LogP contribution >= 0.6 is 0 Å². The zero-order valence-corrected chi connectivity index (χ0v) is 11.2. The molecule has 0 aromatic heterocycles. The van der Waals surface area contributed by atoms with E-state index in [0.717, 1.165) is 5.56 Å². The van der Waals surface area contributed by atoms with Gasteiger partial charge in [0.1, 0.15) is 0 Å². The summed E-state index contributed by atoms with van der Waals surface area (Å²) >= 11 is 0. The molecule has 0 N–H and O–H groups in total. The fourth-order valence-electron chi connectivity index (χ4n) is 1.79. The second-order valence-corrected chi connectivity index (χ2v) is 3.99. The highest BCUT2D eigenvalue weighted by Gasteiger charge is 2.24. The molecule has 0 saturated heterocycles. The van der Waals surface area contributed by atoms with Gasteiger partial charge in [0.05, 0.1) is 20.1 Å². The van der Waals surface area contributed by atoms with E-state index in [9.17, 15) is 9.59 Å². The Morgan fingerprint density at radius 2 is 1.89 bits per heavy atom. The third-order valence-electron chi connectivity index (χ3n) is 2.75. The van der Waals surface area contributed by atoms with Crippen LogP contribution in [0, 0.1) is 0 Å². The second-order valence-electron chi connectivity index (χ2n) is 3.99. The molecule has 0 amide bonds. The van der Waals surface area contributed by atoms with Gasteiger partial charge in [0.25, 0.3) is 0 Å². The van der Waals surface area contributed by atoms with Crippen molar-refractivity contribution in [3.8, 4) is 0 Å². The van der Waals surface area contributed by atoms with Gasteiger partial charge in [-0.05, 0) is 12.5 Å². The van der Waals surface area contributed by atoms with Crippen LogP contribution in [0.5, 0.6) is 0 Å². The van der Waals surface area contributed by atoms with Crippen molar-refractivity contribution in [3.63, 3.8) is 0 Å². The number of esters is 2. The number of ether oxygens (including phenoxy) is 2. The van der Waals surface area contributed by atoms with Gasteiger partial charge in [0, 0.05) is 11.5 Å². The van der Waals surface area contributed by atoms with Gasteiger partial charge in [-0.3, -0.25) is 4.79 Å². The maximum atomic E-state index is 11.6. The predicted octanol–water partition coefficient (Wildman–Crippen LogP) is 2.45. The van der Waals surface area contributed by atoms with Gasteiger partial charge < -0.3 is 9.47 Å². The summed E-state index contributed by atoms with van der Waals surface area (Å²) in [5, 5.41) is 0. The second kappa shape index (κ2) is 7.36. The monoisotopic (exact) mass is 262 g/mol. The van der Waals surface area contributed by atoms with Crippen molar-refractivity contribution in [1.82, 2.24) is 0 Å². The van der Waals surface area contributed by atoms with Crippen molar-refractivity contribution in [2.45, 2.75) is 19.3 Å². The maximum absolute atomic E-state index is 11.6. The molecular weight excluding hydrogens is 244 g/mol. The normalized spacial score (nSPS) is 11.5. The SMILES string of the molecule is C=C(C(=O)OC)C(CC(=O)OCC)c1ccccc1. The Kier molecular flexibility index (Phi) is 5.79. The van der Waals surface area contributed by atoms with Gasteiger partial charge in [-0.1, -0.05) is 36.9 Å². The first-order valence-corrected chi connectivity index (χ1v) is 6.07. The number of carbonyl (C=O) groups is 2. The lowest BCUT2D eigenvalue weighted by Crippen LogP contribution is -2.17. The van der Waals surface area contributed by atoms with Crippen LogP contribution in [0.15, 0.2) is 42.5 Å². The molecular formula is C15H18O4. The van der Waals surface area contributed by atoms with Crippen molar-refractivity contribution in [2.24, 2.45) is 0 Å². The van der Waals surface area contributed by atoms with Gasteiger partial charge in [0.2, 0.25) is 0 Å². The molecule has 1 atom stereocenters. The minimum atomic E-state index is -0.516. The first kappa shape index (κ1) is 15.0. The molecule has 1 aromatic carbocycles. The highest BCUT2D eigenvalue weighted by Crippen LogP contribution is 2.28. The summed E-state index contributed by atoms with van der Waals surface area (Å²) in [4.78, 5) is 23.2. The molecule has 19 heavy (non-hydrogen) atoms. The van der Waals surface area contributed by atoms with Crippen LogP contribution in [0.4, 0.5) is 0 Å². The Labute approximate surface area is 113 Å². The quantitative estimate of drug-likeness (QED) is 0.583. The van der Waals surface area contributed by atoms with Crippen LogP contribution in [-0.4, -0.2) is 25.7 Å². The average Bonchev–Trinajstić information content (AvgIpc) is 2.44. The fraction of sp³-hybridized carbons (Fsp3) is 0.333. The van der Waals surface area contributed by atoms with E-state index in [2.05, 4.69) is 11.3 Å². The van der Waals surface area contributed by atoms with E-state index in [1.807, 2.05) is 30.3 Å². The minimum absolute atomic E-state index is 0.0752. The molecule has 102 valence electrons. The number of methoxy groups -OCH3 is 1. The van der Waals surface area contributed by atoms with Crippen LogP contribution < -0.4 is 0 Å². The average molecular weight is 262 g/mol. The van der Waals surface area contributed by atoms with Crippen molar-refractivity contribution < 1.29 is 19.1 Å². The molecule has 0 heterocycles. The molecule has 0 spiro atoms. The number of carbonyl (C=O) groups excluding carboxylic acids is 2. The summed E-state index contributed by atoms with van der Waals surface area (Å²) in [6, 6.07) is 9.25. The largest absolute Gasteiger partial charge is 0.466 e. The molecule has 0 fully saturated rings. The summed E-state index contributed by atoms with van der Waals surface area (Å²) in [6.45, 7) is 5.78. The van der Waals surface area contributed by atoms with Crippen LogP contribution in [0.1, 0.15) is 24.8 Å². The molecule has 1 rings (SSSR count). The number of hydrogen-bond donors (Lipinski definition) is 0. The zero-order chi connectivity index (χ0) is 14.3. The van der Waals surface area contributed by atoms with Gasteiger partial charge in [-0.2, -0.15) is 0 Å². The first-order valence-electron chi connectivity index (χ1n) is 6.07. The fourth-order valence-corrected chi connectivity index (χ4v) is 1.79. The van der Waals surface area contributed by atoms with E-state index in [1.165, 1.54) is 7.11 Å². The van der Waals surface area contributed by atoms with Gasteiger partial charge >= 0.3 is 11.9 Å². The molecule has 1 aromatic rings. The number of benzene rings is 1. The summed E-state index contributed by atoms with van der Waals surface area (Å²) in [7, 11) is 1.29. The Morgan fingerprint density at radius 3 is 2.42 bits per heavy atom. The summed E-state index contributed by atoms with van der Waals surface area (Å²) in [5.74, 6) is -1.30. The molecule has 0 aliphatic heterocycles. The lowest BCUT2D eigenvalue weighted by molar-refractivity contribution is -0.143. The molecule has 0 bridgehead atoms. The Morgan fingerprint density at radius 1 is 1.26 bits per heavy atom. The molecule has 0 radical (unpaired) electrons. The predicted molar refractivity (Wildman–Crippen MR) is 71.6 cm³/mol. The van der Waals surface area contributed by atoms with Crippen molar-refractivity contribution in [2.75, 3.05) is 13.7 Å². The summed E-state index contributed by atoms with van der Waals surface area (Å²) < 4.78 is 9.59. The zero-order valence-electron chi connectivity index (χ0n) is 11.2. The summed E-state index contributed by atoms with van der Waals surface area (Å²) in [6.07, 6.45) is 0.0752. The number of rotatable bonds is 6. The topological polar surface area (TPSA) is 52.6 Å². The Bertz CT molecular complexity index is 450. The standard InChI is InChI=1S/C15H18O4/c1-4-19-14(16)10-13(11(2)15(17)18-3)12-8-6-5-7-9-12/h5-9,13H,2,4,10H2,1,3H3. The van der Waals surface area contributed by atoms with E-state index < -0.39 is 11.9 Å². The van der Waals surface area contributed by atoms with Crippen LogP contribution in [-0.2, 0) is 19.1 Å². The summed E-state index contributed by atoms with van der Waals surface area (Å²) in [5.41, 5.74) is 1.09. The molecule has 0 aliphatic rings. The first-order chi connectivity index (χ1) is 9.10. The minimum Gasteiger partial charge on any atom is -0.466 e. The number of hydrogen-bond acceptors (Lipinski definition) is 4. The Hall–Kier alpha value is -2.10. The van der Waals surface area contributed by atoms with E-state index in [4.69, 9.17) is 4.74 Å². The van der Waals surface area contributed by atoms with E-state index in [1.54, 1.807) is 6.92 Å². The van der Waals surface area contributed by atoms with Crippen LogP contribution in [0.3, 0.4) is 0 Å². The van der Waals surface area contributed by atoms with Crippen LogP contribution in [0.2, 0.25) is 0 Å². The Balaban J connectivity index is 2.95. The van der Waals surface area contributed by atoms with Crippen molar-refractivity contribution in [1.29, 1.82) is 0 Å². The lowest BCUT2D eigenvalue weighted by Gasteiger charge is -2.17. The van der Waals surface area contributed by atoms with Gasteiger partial charge in [-0.15, -0.1) is 0 Å². The third kappa shape index (κ3) is 4.25. The van der Waals surface area contributed by atoms with Crippen LogP contribution in [0.25, 0.3) is 0 Å². The highest BCUT2D eigenvalue weighted by atomic mass is 16.5. The molecule has 1 unspecified atom stereocenters. The van der Waals surface area contributed by atoms with Crippen molar-refractivity contribution in [3.05, 3.63) is 48.0 Å². The van der Waals surface area contributed by atoms with Crippen molar-refractivity contribution >= 4 is 11.9 Å². The molecule has 4 heteroatoms. The smallest absolute Gasteiger partial charge is 0.333 e. The van der Waals surface area contributed by atoms with E-state index in [0.29, 0.717) is 6.61 Å². The van der Waals surface area contributed by atoms with E-state index in [-0.39, 0.29) is 18.0 Å². The molecule has 4 nitrogen and oxygen atoms in total. The highest BCUT2D eigenvalue weighted by molar-refractivity contribution is 5.90. The third-order valence-corrected chi connectivity index (χ3v) is 2.75. The molecule has 0 aliphatic carbocycles. The van der Waals surface area contributed by atoms with Gasteiger partial charge in [-0.25, -0.2) is 4.79 Å². The molecule has 0 saturated carbocycles. The van der Waals surface area contributed by atoms with Gasteiger partial charge in [0.15, 0.2) is 0 Å². The maximum Gasteiger partial charge on any atom is 0.333 e. The van der Waals surface area contributed by atoms with E-state index >= 15 is 0 Å².